The van der Waals surface area contributed by atoms with Crippen LogP contribution in [0.25, 0.3) is 0 Å². The van der Waals surface area contributed by atoms with Gasteiger partial charge in [-0.2, -0.15) is 0 Å². The van der Waals surface area contributed by atoms with Crippen LogP contribution in [0.5, 0.6) is 11.5 Å². The van der Waals surface area contributed by atoms with Gasteiger partial charge in [0.2, 0.25) is 0 Å². The number of rotatable bonds is 5. The van der Waals surface area contributed by atoms with E-state index in [9.17, 15) is 10.2 Å². The van der Waals surface area contributed by atoms with Crippen molar-refractivity contribution in [2.75, 3.05) is 0 Å². The molecule has 0 aliphatic carbocycles. The van der Waals surface area contributed by atoms with Gasteiger partial charge in [-0.3, -0.25) is 0 Å². The van der Waals surface area contributed by atoms with Crippen LogP contribution in [-0.2, 0) is 23.9 Å². The Balaban J connectivity index is 2.95. The largest absolute Gasteiger partial charge is 0.508 e. The second kappa shape index (κ2) is 8.60. The van der Waals surface area contributed by atoms with Gasteiger partial charge in [0.25, 0.3) is 0 Å². The molecular formula is C26H40N2O2. The lowest BCUT2D eigenvalue weighted by Gasteiger charge is -2.35. The van der Waals surface area contributed by atoms with E-state index in [1.54, 1.807) is 0 Å². The lowest BCUT2D eigenvalue weighted by atomic mass is 9.70. The van der Waals surface area contributed by atoms with E-state index in [2.05, 4.69) is 67.5 Å². The van der Waals surface area contributed by atoms with E-state index in [1.807, 2.05) is 12.1 Å². The summed E-state index contributed by atoms with van der Waals surface area (Å²) in [6, 6.07) is 7.91. The Morgan fingerprint density at radius 1 is 0.700 bits per heavy atom. The third-order valence-corrected chi connectivity index (χ3v) is 5.89. The van der Waals surface area contributed by atoms with Gasteiger partial charge in [0.1, 0.15) is 11.5 Å². The first-order chi connectivity index (χ1) is 13.7. The van der Waals surface area contributed by atoms with Crippen molar-refractivity contribution < 1.29 is 10.2 Å². The second-order valence-corrected chi connectivity index (χ2v) is 10.8. The number of nitrogens with two attached hydrogens (primary N) is 2. The van der Waals surface area contributed by atoms with Gasteiger partial charge < -0.3 is 21.7 Å². The number of aromatic hydroxyl groups is 2. The Morgan fingerprint density at radius 2 is 1.03 bits per heavy atom. The molecule has 0 atom stereocenters. The van der Waals surface area contributed by atoms with E-state index in [1.165, 1.54) is 11.1 Å². The van der Waals surface area contributed by atoms with Crippen LogP contribution in [0.3, 0.4) is 0 Å². The molecule has 0 radical (unpaired) electrons. The zero-order valence-corrected chi connectivity index (χ0v) is 19.9. The smallest absolute Gasteiger partial charge is 0.120 e. The lowest BCUT2D eigenvalue weighted by molar-refractivity contribution is 0.456. The summed E-state index contributed by atoms with van der Waals surface area (Å²) in [5.74, 6) is 0.860. The maximum absolute atomic E-state index is 10.5. The van der Waals surface area contributed by atoms with E-state index in [-0.39, 0.29) is 47.3 Å². The molecule has 2 aromatic carbocycles. The highest BCUT2D eigenvalue weighted by Crippen LogP contribution is 2.45. The van der Waals surface area contributed by atoms with Crippen LogP contribution >= 0.6 is 0 Å². The van der Waals surface area contributed by atoms with Gasteiger partial charge in [0.15, 0.2) is 0 Å². The quantitative estimate of drug-likeness (QED) is 0.529. The number of benzene rings is 2. The highest BCUT2D eigenvalue weighted by molar-refractivity contribution is 5.54. The van der Waals surface area contributed by atoms with E-state index in [0.717, 1.165) is 22.3 Å². The molecule has 0 fully saturated rings. The number of hydrogen-bond acceptors (Lipinski definition) is 4. The molecule has 2 rings (SSSR count). The molecule has 0 aliphatic rings. The zero-order chi connectivity index (χ0) is 23.0. The van der Waals surface area contributed by atoms with Crippen molar-refractivity contribution >= 4 is 0 Å². The minimum absolute atomic E-state index is 0.0743. The van der Waals surface area contributed by atoms with Crippen LogP contribution in [0.4, 0.5) is 0 Å². The van der Waals surface area contributed by atoms with Gasteiger partial charge in [0, 0.05) is 30.1 Å². The summed E-state index contributed by atoms with van der Waals surface area (Å²) >= 11 is 0. The second-order valence-electron chi connectivity index (χ2n) is 10.8. The number of hydrogen-bond donors (Lipinski definition) is 4. The molecule has 4 heteroatoms. The van der Waals surface area contributed by atoms with Crippen LogP contribution in [0.15, 0.2) is 24.3 Å². The zero-order valence-electron chi connectivity index (χ0n) is 19.9. The Labute approximate surface area is 182 Å². The van der Waals surface area contributed by atoms with Crippen molar-refractivity contribution in [2.24, 2.45) is 17.4 Å². The standard InChI is InChI=1S/C26H40N2O2/c1-15(2)24(18-9-16(13-27)22(29)11-20(18)25(3,4)5)19-10-17(14-28)23(30)12-21(19)26(6,7)8/h9-12,15,24,29-30H,13-14,27-28H2,1-8H3. The molecule has 0 unspecified atom stereocenters. The molecule has 0 saturated heterocycles. The monoisotopic (exact) mass is 412 g/mol. The Bertz CT molecular complexity index is 831. The van der Waals surface area contributed by atoms with Crippen molar-refractivity contribution in [3.63, 3.8) is 0 Å². The third-order valence-electron chi connectivity index (χ3n) is 5.89. The lowest BCUT2D eigenvalue weighted by Crippen LogP contribution is -2.23. The van der Waals surface area contributed by atoms with Crippen LogP contribution in [0.1, 0.15) is 94.7 Å². The first-order valence-electron chi connectivity index (χ1n) is 10.8. The van der Waals surface area contributed by atoms with Crippen LogP contribution in [0, 0.1) is 5.92 Å². The first-order valence-corrected chi connectivity index (χ1v) is 10.8. The van der Waals surface area contributed by atoms with Crippen molar-refractivity contribution in [2.45, 2.75) is 85.2 Å². The van der Waals surface area contributed by atoms with Gasteiger partial charge in [-0.15, -0.1) is 0 Å². The predicted octanol–water partition coefficient (Wildman–Crippen LogP) is 5.40. The highest BCUT2D eigenvalue weighted by atomic mass is 16.3. The first kappa shape index (κ1) is 24.2. The van der Waals surface area contributed by atoms with Crippen LogP contribution in [0.2, 0.25) is 0 Å². The van der Waals surface area contributed by atoms with Crippen molar-refractivity contribution in [1.29, 1.82) is 0 Å². The van der Waals surface area contributed by atoms with Gasteiger partial charge >= 0.3 is 0 Å². The molecule has 2 aromatic rings. The molecule has 30 heavy (non-hydrogen) atoms. The van der Waals surface area contributed by atoms with Crippen LogP contribution in [-0.4, -0.2) is 10.2 Å². The Morgan fingerprint density at radius 3 is 1.27 bits per heavy atom. The van der Waals surface area contributed by atoms with E-state index < -0.39 is 0 Å². The summed E-state index contributed by atoms with van der Waals surface area (Å²) in [5.41, 5.74) is 17.7. The van der Waals surface area contributed by atoms with Gasteiger partial charge in [-0.25, -0.2) is 0 Å². The van der Waals surface area contributed by atoms with Gasteiger partial charge in [0.05, 0.1) is 0 Å². The predicted molar refractivity (Wildman–Crippen MR) is 126 cm³/mol. The molecule has 0 aliphatic heterocycles. The van der Waals surface area contributed by atoms with Crippen molar-refractivity contribution in [3.8, 4) is 11.5 Å². The Hall–Kier alpha value is -2.04. The minimum atomic E-state index is -0.150. The fourth-order valence-electron chi connectivity index (χ4n) is 4.33. The molecule has 0 bridgehead atoms. The summed E-state index contributed by atoms with van der Waals surface area (Å²) < 4.78 is 0. The molecule has 4 nitrogen and oxygen atoms in total. The molecule has 0 amide bonds. The average molecular weight is 413 g/mol. The fraction of sp³-hybridized carbons (Fsp3) is 0.538. The Kier molecular flexibility index (Phi) is 6.95. The van der Waals surface area contributed by atoms with E-state index in [4.69, 9.17) is 11.5 Å². The topological polar surface area (TPSA) is 92.5 Å². The minimum Gasteiger partial charge on any atom is -0.508 e. The SMILES string of the molecule is CC(C)C(c1cc(CN)c(O)cc1C(C)(C)C)c1cc(CN)c(O)cc1C(C)(C)C. The maximum Gasteiger partial charge on any atom is 0.120 e. The molecule has 6 N–H and O–H groups in total. The van der Waals surface area contributed by atoms with E-state index in [0.29, 0.717) is 0 Å². The number of phenolic OH excluding ortho intramolecular Hbond substituents is 2. The maximum atomic E-state index is 10.5. The van der Waals surface area contributed by atoms with Crippen molar-refractivity contribution in [1.82, 2.24) is 0 Å². The molecule has 0 saturated carbocycles. The fourth-order valence-corrected chi connectivity index (χ4v) is 4.33. The molecular weight excluding hydrogens is 372 g/mol. The van der Waals surface area contributed by atoms with Gasteiger partial charge in [-0.05, 0) is 63.3 Å². The number of phenols is 2. The summed E-state index contributed by atoms with van der Waals surface area (Å²) in [7, 11) is 0. The van der Waals surface area contributed by atoms with Crippen molar-refractivity contribution in [3.05, 3.63) is 57.6 Å². The molecule has 0 aromatic heterocycles. The normalized spacial score (nSPS) is 12.8. The highest BCUT2D eigenvalue weighted by Gasteiger charge is 2.32. The summed E-state index contributed by atoms with van der Waals surface area (Å²) in [4.78, 5) is 0. The van der Waals surface area contributed by atoms with E-state index >= 15 is 0 Å². The summed E-state index contributed by atoms with van der Waals surface area (Å²) in [5, 5.41) is 21.1. The summed E-state index contributed by atoms with van der Waals surface area (Å²) in [6.07, 6.45) is 0. The molecule has 166 valence electrons. The van der Waals surface area contributed by atoms with Gasteiger partial charge in [-0.1, -0.05) is 55.4 Å². The summed E-state index contributed by atoms with van der Waals surface area (Å²) in [6.45, 7) is 18.0. The molecule has 0 heterocycles. The third kappa shape index (κ3) is 4.81. The molecule has 0 spiro atoms. The average Bonchev–Trinajstić information content (AvgIpc) is 2.61. The van der Waals surface area contributed by atoms with Crippen LogP contribution < -0.4 is 11.5 Å².